The highest BCUT2D eigenvalue weighted by molar-refractivity contribution is 6.30. The first-order valence-corrected chi connectivity index (χ1v) is 9.21. The summed E-state index contributed by atoms with van der Waals surface area (Å²) in [6.45, 7) is 6.13. The molecule has 4 nitrogen and oxygen atoms in total. The van der Waals surface area contributed by atoms with Crippen molar-refractivity contribution in [2.45, 2.75) is 0 Å². The highest BCUT2D eigenvalue weighted by atomic mass is 35.5. The van der Waals surface area contributed by atoms with Gasteiger partial charge in [0, 0.05) is 5.02 Å². The van der Waals surface area contributed by atoms with E-state index in [9.17, 15) is 0 Å². The molecule has 1 heterocycles. The van der Waals surface area contributed by atoms with Gasteiger partial charge in [-0.15, -0.1) is 0 Å². The number of quaternary nitrogens is 1. The summed E-state index contributed by atoms with van der Waals surface area (Å²) in [5.41, 5.74) is 1.25. The van der Waals surface area contributed by atoms with E-state index in [1.54, 1.807) is 4.90 Å². The van der Waals surface area contributed by atoms with Crippen LogP contribution in [0, 0.1) is 0 Å². The van der Waals surface area contributed by atoms with Crippen LogP contribution in [0.15, 0.2) is 54.6 Å². The monoisotopic (exact) mass is 359 g/mol. The second kappa shape index (κ2) is 8.88. The molecule has 2 N–H and O–H groups in total. The Morgan fingerprint density at radius 2 is 1.76 bits per heavy atom. The number of nitrogens with one attached hydrogen (secondary N) is 2. The Morgan fingerprint density at radius 3 is 2.40 bits per heavy atom. The summed E-state index contributed by atoms with van der Waals surface area (Å²) in [4.78, 5) is 1.59. The molecule has 0 aromatic heterocycles. The Hall–Kier alpha value is -2.04. The normalized spacial score (nSPS) is 17.2. The maximum absolute atomic E-state index is 5.89. The molecule has 1 fully saturated rings. The first-order valence-electron chi connectivity index (χ1n) is 8.83. The van der Waals surface area contributed by atoms with E-state index in [2.05, 4.69) is 40.2 Å². The van der Waals surface area contributed by atoms with Crippen molar-refractivity contribution in [2.24, 2.45) is 0 Å². The molecule has 25 heavy (non-hydrogen) atoms. The number of amidine groups is 1. The van der Waals surface area contributed by atoms with Crippen LogP contribution in [0.1, 0.15) is 5.56 Å². The summed E-state index contributed by atoms with van der Waals surface area (Å²) >= 11 is 5.89. The highest BCUT2D eigenvalue weighted by Crippen LogP contribution is 2.14. The molecule has 1 aliphatic rings. The second-order valence-electron chi connectivity index (χ2n) is 6.25. The van der Waals surface area contributed by atoms with Crippen LogP contribution in [-0.4, -0.2) is 56.8 Å². The molecule has 0 radical (unpaired) electrons. The van der Waals surface area contributed by atoms with E-state index >= 15 is 0 Å². The molecule has 1 aliphatic heterocycles. The fourth-order valence-electron chi connectivity index (χ4n) is 3.22. The van der Waals surface area contributed by atoms with Gasteiger partial charge in [-0.25, -0.2) is 0 Å². The maximum atomic E-state index is 5.89. The van der Waals surface area contributed by atoms with E-state index in [-0.39, 0.29) is 0 Å². The number of rotatable bonds is 5. The van der Waals surface area contributed by atoms with Gasteiger partial charge in [0.1, 0.15) is 45.1 Å². The van der Waals surface area contributed by atoms with Crippen LogP contribution in [0.25, 0.3) is 0 Å². The van der Waals surface area contributed by atoms with Gasteiger partial charge in [0.15, 0.2) is 0 Å². The van der Waals surface area contributed by atoms with Gasteiger partial charge in [-0.1, -0.05) is 29.8 Å². The van der Waals surface area contributed by atoms with E-state index in [4.69, 9.17) is 16.3 Å². The lowest BCUT2D eigenvalue weighted by Crippen LogP contribution is -3.15. The lowest BCUT2D eigenvalue weighted by atomic mass is 10.2. The SMILES string of the molecule is CNC(c1ccccc1)=[N+]1CC[NH+](CCOc2ccc(Cl)cc2)CC1. The first-order chi connectivity index (χ1) is 12.3. The van der Waals surface area contributed by atoms with E-state index < -0.39 is 0 Å². The molecule has 0 spiro atoms. The molecule has 132 valence electrons. The smallest absolute Gasteiger partial charge is 0.277 e. The summed E-state index contributed by atoms with van der Waals surface area (Å²) in [6.07, 6.45) is 0. The van der Waals surface area contributed by atoms with Crippen LogP contribution in [0.5, 0.6) is 5.75 Å². The summed E-state index contributed by atoms with van der Waals surface area (Å²) < 4.78 is 8.26. The van der Waals surface area contributed by atoms with Crippen LogP contribution < -0.4 is 15.0 Å². The van der Waals surface area contributed by atoms with Gasteiger partial charge in [-0.3, -0.25) is 9.89 Å². The van der Waals surface area contributed by atoms with Crippen LogP contribution in [-0.2, 0) is 0 Å². The molecule has 0 aliphatic carbocycles. The quantitative estimate of drug-likeness (QED) is 0.622. The Labute approximate surface area is 154 Å². The van der Waals surface area contributed by atoms with Crippen molar-refractivity contribution < 1.29 is 14.2 Å². The van der Waals surface area contributed by atoms with Gasteiger partial charge in [-0.2, -0.15) is 0 Å². The van der Waals surface area contributed by atoms with E-state index in [0.29, 0.717) is 0 Å². The van der Waals surface area contributed by atoms with Crippen LogP contribution in [0.2, 0.25) is 5.02 Å². The molecule has 0 bridgehead atoms. The minimum absolute atomic E-state index is 0.734. The summed E-state index contributed by atoms with van der Waals surface area (Å²) in [5, 5.41) is 4.11. The molecule has 3 rings (SSSR count). The number of nitrogens with zero attached hydrogens (tertiary/aromatic N) is 1. The minimum atomic E-state index is 0.734. The van der Waals surface area contributed by atoms with Gasteiger partial charge in [0.25, 0.3) is 5.84 Å². The predicted molar refractivity (Wildman–Crippen MR) is 102 cm³/mol. The summed E-state index contributed by atoms with van der Waals surface area (Å²) in [6, 6.07) is 18.1. The Bertz CT molecular complexity index is 691. The third kappa shape index (κ3) is 4.97. The standard InChI is InChI=1S/C20H24ClN3O/c1-22-20(17-5-3-2-4-6-17)24-13-11-23(12-14-24)15-16-25-19-9-7-18(21)8-10-19/h2-10H,11-16H2,1H3/p+2. The number of piperazine rings is 1. The van der Waals surface area contributed by atoms with Crippen molar-refractivity contribution in [3.63, 3.8) is 0 Å². The largest absolute Gasteiger partial charge is 0.488 e. The molecule has 0 unspecified atom stereocenters. The number of hydrogen-bond acceptors (Lipinski definition) is 1. The zero-order chi connectivity index (χ0) is 17.5. The van der Waals surface area contributed by atoms with E-state index in [0.717, 1.165) is 50.1 Å². The predicted octanol–water partition coefficient (Wildman–Crippen LogP) is 1.30. The van der Waals surface area contributed by atoms with Gasteiger partial charge in [-0.05, 0) is 36.4 Å². The van der Waals surface area contributed by atoms with Crippen molar-refractivity contribution in [3.05, 3.63) is 65.2 Å². The van der Waals surface area contributed by atoms with Gasteiger partial charge < -0.3 is 9.64 Å². The average molecular weight is 360 g/mol. The Morgan fingerprint density at radius 1 is 1.08 bits per heavy atom. The molecular formula is C20H26ClN3O+2. The van der Waals surface area contributed by atoms with Crippen LogP contribution >= 0.6 is 11.6 Å². The fourth-order valence-corrected chi connectivity index (χ4v) is 3.35. The van der Waals surface area contributed by atoms with Gasteiger partial charge in [0.2, 0.25) is 0 Å². The van der Waals surface area contributed by atoms with Crippen molar-refractivity contribution >= 4 is 17.4 Å². The molecule has 2 aromatic carbocycles. The lowest BCUT2D eigenvalue weighted by molar-refractivity contribution is -0.931. The van der Waals surface area contributed by atoms with Crippen LogP contribution in [0.3, 0.4) is 0 Å². The van der Waals surface area contributed by atoms with Crippen molar-refractivity contribution in [1.29, 1.82) is 0 Å². The number of ether oxygens (including phenoxy) is 1. The lowest BCUT2D eigenvalue weighted by Gasteiger charge is -2.25. The molecule has 5 heteroatoms. The third-order valence-corrected chi connectivity index (χ3v) is 4.86. The third-order valence-electron chi connectivity index (χ3n) is 4.61. The van der Waals surface area contributed by atoms with E-state index in [1.807, 2.05) is 31.3 Å². The Balaban J connectivity index is 1.49. The van der Waals surface area contributed by atoms with Crippen LogP contribution in [0.4, 0.5) is 0 Å². The number of hydrogen-bond donors (Lipinski definition) is 2. The molecule has 0 saturated carbocycles. The average Bonchev–Trinajstić information content (AvgIpc) is 2.66. The molecule has 0 amide bonds. The molecule has 0 atom stereocenters. The minimum Gasteiger partial charge on any atom is -0.488 e. The number of benzene rings is 2. The van der Waals surface area contributed by atoms with Crippen molar-refractivity contribution in [1.82, 2.24) is 5.32 Å². The second-order valence-corrected chi connectivity index (χ2v) is 6.69. The Kier molecular flexibility index (Phi) is 6.31. The first kappa shape index (κ1) is 17.8. The molecule has 1 saturated heterocycles. The topological polar surface area (TPSA) is 28.7 Å². The molecule has 2 aromatic rings. The summed E-state index contributed by atoms with van der Waals surface area (Å²) in [5.74, 6) is 2.11. The summed E-state index contributed by atoms with van der Waals surface area (Å²) in [7, 11) is 2.00. The highest BCUT2D eigenvalue weighted by Gasteiger charge is 2.23. The van der Waals surface area contributed by atoms with E-state index in [1.165, 1.54) is 11.4 Å². The zero-order valence-electron chi connectivity index (χ0n) is 14.7. The molecular weight excluding hydrogens is 334 g/mol. The van der Waals surface area contributed by atoms with Crippen molar-refractivity contribution in [2.75, 3.05) is 46.4 Å². The number of halogens is 1. The van der Waals surface area contributed by atoms with Crippen molar-refractivity contribution in [3.8, 4) is 5.75 Å². The van der Waals surface area contributed by atoms with Gasteiger partial charge in [0.05, 0.1) is 12.6 Å². The zero-order valence-corrected chi connectivity index (χ0v) is 15.4. The maximum Gasteiger partial charge on any atom is 0.277 e. The fraction of sp³-hybridized carbons (Fsp3) is 0.350. The van der Waals surface area contributed by atoms with Gasteiger partial charge >= 0.3 is 0 Å².